The maximum atomic E-state index is 13.3. The summed E-state index contributed by atoms with van der Waals surface area (Å²) in [7, 11) is 2.03. The number of nitrogens with one attached hydrogen (secondary N) is 1. The van der Waals surface area contributed by atoms with Gasteiger partial charge >= 0.3 is 0 Å². The Bertz CT molecular complexity index is 1300. The number of nitrogens with zero attached hydrogens (tertiary/aromatic N) is 4. The Kier molecular flexibility index (Phi) is 7.33. The zero-order valence-corrected chi connectivity index (χ0v) is 21.9. The van der Waals surface area contributed by atoms with E-state index in [1.165, 1.54) is 10.9 Å². The van der Waals surface area contributed by atoms with Crippen molar-refractivity contribution in [3.8, 4) is 5.75 Å². The summed E-state index contributed by atoms with van der Waals surface area (Å²) in [4.78, 5) is 42.4. The number of hydrogen-bond donors (Lipinski definition) is 2. The molecule has 2 aromatic rings. The first kappa shape index (κ1) is 25.7. The normalized spacial score (nSPS) is 19.9. The Balaban J connectivity index is 1.27. The lowest BCUT2D eigenvalue weighted by molar-refractivity contribution is -0.135. The molecule has 1 aromatic carbocycles. The predicted molar refractivity (Wildman–Crippen MR) is 143 cm³/mol. The summed E-state index contributed by atoms with van der Waals surface area (Å²) < 4.78 is 7.24. The van der Waals surface area contributed by atoms with Gasteiger partial charge in [-0.05, 0) is 57.0 Å². The van der Waals surface area contributed by atoms with Crippen molar-refractivity contribution in [2.24, 2.45) is 5.92 Å². The second-order valence-corrected chi connectivity index (χ2v) is 10.2. The van der Waals surface area contributed by atoms with Crippen molar-refractivity contribution in [1.29, 1.82) is 0 Å². The molecule has 2 heterocycles. The van der Waals surface area contributed by atoms with Crippen molar-refractivity contribution >= 4 is 29.1 Å². The van der Waals surface area contributed by atoms with Crippen LogP contribution in [0.25, 0.3) is 5.70 Å². The van der Waals surface area contributed by atoms with E-state index in [0.717, 1.165) is 31.5 Å². The summed E-state index contributed by atoms with van der Waals surface area (Å²) in [6.45, 7) is 4.89. The topological polar surface area (TPSA) is 123 Å². The highest BCUT2D eigenvalue weighted by Gasteiger charge is 2.29. The Labute approximate surface area is 222 Å². The van der Waals surface area contributed by atoms with Crippen LogP contribution in [0.3, 0.4) is 0 Å². The maximum Gasteiger partial charge on any atom is 0.260 e. The molecule has 200 valence electrons. The van der Waals surface area contributed by atoms with Crippen LogP contribution in [0, 0.1) is 5.92 Å². The Hall–Kier alpha value is -3.92. The number of nitrogens with two attached hydrogens (primary N) is 1. The van der Waals surface area contributed by atoms with Gasteiger partial charge in [-0.1, -0.05) is 18.2 Å². The summed E-state index contributed by atoms with van der Waals surface area (Å²) in [5.41, 5.74) is 8.68. The van der Waals surface area contributed by atoms with E-state index >= 15 is 0 Å². The van der Waals surface area contributed by atoms with Crippen molar-refractivity contribution in [2.45, 2.75) is 32.2 Å². The van der Waals surface area contributed by atoms with Crippen LogP contribution in [0.2, 0.25) is 0 Å². The standard InChI is InChI=1S/C28H34N6O4/c1-18-6-7-20(28(37)31-21-8-9-21)15-24(18)34-27(29)23(16-30-34)26(36)19-4-3-5-22(14-19)38-17-25(35)33-12-10-32(2)11-13-33/h3-6,14-16,20-21H,7-13,17,29H2,1-2H3,(H,31,37). The van der Waals surface area contributed by atoms with Crippen LogP contribution in [0.15, 0.2) is 48.2 Å². The molecule has 0 radical (unpaired) electrons. The quantitative estimate of drug-likeness (QED) is 0.512. The number of piperazine rings is 1. The minimum atomic E-state index is -0.306. The molecule has 2 aliphatic carbocycles. The molecular formula is C28H34N6O4. The zero-order chi connectivity index (χ0) is 26.8. The van der Waals surface area contributed by atoms with E-state index < -0.39 is 0 Å². The van der Waals surface area contributed by atoms with Crippen molar-refractivity contribution in [1.82, 2.24) is 24.9 Å². The van der Waals surface area contributed by atoms with E-state index in [-0.39, 0.29) is 47.5 Å². The number of likely N-dealkylation sites (N-methyl/N-ethyl adjacent to an activating group) is 1. The molecule has 1 unspecified atom stereocenters. The summed E-state index contributed by atoms with van der Waals surface area (Å²) in [5.74, 6) is -0.0474. The van der Waals surface area contributed by atoms with Crippen molar-refractivity contribution in [2.75, 3.05) is 45.6 Å². The lowest BCUT2D eigenvalue weighted by Gasteiger charge is -2.32. The van der Waals surface area contributed by atoms with Crippen LogP contribution in [-0.4, -0.2) is 83.1 Å². The van der Waals surface area contributed by atoms with Gasteiger partial charge in [-0.3, -0.25) is 14.4 Å². The minimum absolute atomic E-state index is 0.00121. The third-order valence-corrected chi connectivity index (χ3v) is 7.30. The number of hydrogen-bond acceptors (Lipinski definition) is 7. The van der Waals surface area contributed by atoms with Gasteiger partial charge in [0.1, 0.15) is 11.6 Å². The van der Waals surface area contributed by atoms with Gasteiger partial charge in [-0.15, -0.1) is 0 Å². The third-order valence-electron chi connectivity index (χ3n) is 7.30. The van der Waals surface area contributed by atoms with E-state index in [1.54, 1.807) is 29.2 Å². The van der Waals surface area contributed by atoms with Crippen LogP contribution >= 0.6 is 0 Å². The summed E-state index contributed by atoms with van der Waals surface area (Å²) in [6.07, 6.45) is 7.99. The Morgan fingerprint density at radius 1 is 1.16 bits per heavy atom. The molecule has 1 saturated carbocycles. The van der Waals surface area contributed by atoms with Crippen LogP contribution in [0.1, 0.15) is 42.1 Å². The zero-order valence-electron chi connectivity index (χ0n) is 21.9. The summed E-state index contributed by atoms with van der Waals surface area (Å²) in [5, 5.41) is 7.44. The number of nitrogen functional groups attached to an aromatic ring is 1. The molecule has 0 bridgehead atoms. The highest BCUT2D eigenvalue weighted by molar-refractivity contribution is 6.12. The minimum Gasteiger partial charge on any atom is -0.484 e. The molecule has 38 heavy (non-hydrogen) atoms. The number of anilines is 1. The maximum absolute atomic E-state index is 13.3. The number of rotatable bonds is 8. The first-order valence-corrected chi connectivity index (χ1v) is 13.1. The lowest BCUT2D eigenvalue weighted by Crippen LogP contribution is -2.48. The van der Waals surface area contributed by atoms with E-state index in [4.69, 9.17) is 10.5 Å². The fraction of sp³-hybridized carbons (Fsp3) is 0.429. The van der Waals surface area contributed by atoms with Crippen molar-refractivity contribution in [3.63, 3.8) is 0 Å². The fourth-order valence-corrected chi connectivity index (χ4v) is 4.65. The van der Waals surface area contributed by atoms with Gasteiger partial charge in [0.2, 0.25) is 5.91 Å². The van der Waals surface area contributed by atoms with Crippen LogP contribution in [0.4, 0.5) is 5.82 Å². The van der Waals surface area contributed by atoms with Gasteiger partial charge in [0.15, 0.2) is 12.4 Å². The molecule has 10 heteroatoms. The van der Waals surface area contributed by atoms with Crippen LogP contribution in [-0.2, 0) is 9.59 Å². The molecule has 2 amide bonds. The Morgan fingerprint density at radius 2 is 1.92 bits per heavy atom. The first-order valence-electron chi connectivity index (χ1n) is 13.1. The van der Waals surface area contributed by atoms with Crippen molar-refractivity contribution < 1.29 is 19.1 Å². The number of carbonyl (C=O) groups is 3. The smallest absolute Gasteiger partial charge is 0.260 e. The van der Waals surface area contributed by atoms with Gasteiger partial charge in [-0.2, -0.15) is 5.10 Å². The number of carbonyl (C=O) groups excluding carboxylic acids is 3. The molecule has 1 aliphatic heterocycles. The van der Waals surface area contributed by atoms with E-state index in [1.807, 2.05) is 26.1 Å². The Morgan fingerprint density at radius 3 is 2.66 bits per heavy atom. The molecule has 1 atom stereocenters. The first-order chi connectivity index (χ1) is 18.3. The number of benzene rings is 1. The highest BCUT2D eigenvalue weighted by atomic mass is 16.5. The molecule has 3 aliphatic rings. The van der Waals surface area contributed by atoms with Gasteiger partial charge < -0.3 is 25.6 Å². The number of allylic oxidation sites excluding steroid dienone is 3. The average molecular weight is 519 g/mol. The molecule has 0 spiro atoms. The number of amides is 2. The third kappa shape index (κ3) is 5.65. The monoisotopic (exact) mass is 518 g/mol. The van der Waals surface area contributed by atoms with Crippen molar-refractivity contribution in [3.05, 3.63) is 59.3 Å². The number of ketones is 1. The summed E-state index contributed by atoms with van der Waals surface area (Å²) >= 11 is 0. The van der Waals surface area contributed by atoms with E-state index in [0.29, 0.717) is 36.5 Å². The predicted octanol–water partition coefficient (Wildman–Crippen LogP) is 1.93. The summed E-state index contributed by atoms with van der Waals surface area (Å²) in [6, 6.07) is 7.00. The van der Waals surface area contributed by atoms with Crippen LogP contribution in [0.5, 0.6) is 5.75 Å². The molecule has 2 fully saturated rings. The van der Waals surface area contributed by atoms with Gasteiger partial charge in [-0.25, -0.2) is 4.68 Å². The van der Waals surface area contributed by atoms with Gasteiger partial charge in [0, 0.05) is 37.8 Å². The molecular weight excluding hydrogens is 484 g/mol. The highest BCUT2D eigenvalue weighted by Crippen LogP contribution is 2.31. The molecule has 1 saturated heterocycles. The van der Waals surface area contributed by atoms with Crippen LogP contribution < -0.4 is 15.8 Å². The molecule has 10 nitrogen and oxygen atoms in total. The number of aromatic nitrogens is 2. The largest absolute Gasteiger partial charge is 0.484 e. The molecule has 1 aromatic heterocycles. The SMILES string of the molecule is CC1=CCC(C(=O)NC2CC2)C=C1n1ncc(C(=O)c2cccc(OCC(=O)N3CCN(C)CC3)c2)c1N. The van der Waals surface area contributed by atoms with E-state index in [9.17, 15) is 14.4 Å². The second-order valence-electron chi connectivity index (χ2n) is 10.2. The second kappa shape index (κ2) is 10.8. The van der Waals surface area contributed by atoms with Gasteiger partial charge in [0.25, 0.3) is 5.91 Å². The lowest BCUT2D eigenvalue weighted by atomic mass is 9.94. The number of ether oxygens (including phenoxy) is 1. The van der Waals surface area contributed by atoms with Gasteiger partial charge in [0.05, 0.1) is 23.4 Å². The molecule has 3 N–H and O–H groups in total. The molecule has 5 rings (SSSR count). The van der Waals surface area contributed by atoms with E-state index in [2.05, 4.69) is 15.3 Å². The fourth-order valence-electron chi connectivity index (χ4n) is 4.65. The average Bonchev–Trinajstić information content (AvgIpc) is 3.66.